The molecule has 110 valence electrons. The molecule has 5 nitrogen and oxygen atoms in total. The van der Waals surface area contributed by atoms with E-state index in [1.807, 2.05) is 4.68 Å². The van der Waals surface area contributed by atoms with Gasteiger partial charge in [-0.05, 0) is 47.3 Å². The molecular weight excluding hydrogens is 332 g/mol. The first-order valence-electron chi connectivity index (χ1n) is 6.88. The third kappa shape index (κ3) is 2.33. The summed E-state index contributed by atoms with van der Waals surface area (Å²) in [5, 5.41) is 7.69. The summed E-state index contributed by atoms with van der Waals surface area (Å²) in [4.78, 5) is 11.5. The number of halogens is 1. The Morgan fingerprint density at radius 2 is 2.24 bits per heavy atom. The number of rotatable bonds is 2. The number of benzene rings is 1. The first-order valence-corrected chi connectivity index (χ1v) is 7.67. The monoisotopic (exact) mass is 348 g/mol. The van der Waals surface area contributed by atoms with Gasteiger partial charge in [-0.3, -0.25) is 4.79 Å². The molecule has 1 aliphatic rings. The number of fused-ring (bicyclic) bond motifs is 1. The molecule has 0 saturated heterocycles. The Kier molecular flexibility index (Phi) is 3.49. The highest BCUT2D eigenvalue weighted by Crippen LogP contribution is 2.36. The molecule has 0 fully saturated rings. The number of nitrogens with zero attached hydrogens (tertiary/aromatic N) is 2. The van der Waals surface area contributed by atoms with Crippen LogP contribution in [0.5, 0.6) is 0 Å². The molecule has 1 aliphatic heterocycles. The SMILES string of the molecule is Cc1ccc(C2CCNc3c(Br)c(C(N)=O)nn32)c(C)c1. The Morgan fingerprint density at radius 1 is 1.48 bits per heavy atom. The molecule has 2 heterocycles. The number of amides is 1. The van der Waals surface area contributed by atoms with Crippen molar-refractivity contribution < 1.29 is 4.79 Å². The van der Waals surface area contributed by atoms with Crippen molar-refractivity contribution in [2.45, 2.75) is 26.3 Å². The summed E-state index contributed by atoms with van der Waals surface area (Å²) in [6.07, 6.45) is 0.920. The number of nitrogens with one attached hydrogen (secondary N) is 1. The van der Waals surface area contributed by atoms with Gasteiger partial charge >= 0.3 is 0 Å². The maximum Gasteiger partial charge on any atom is 0.270 e. The highest BCUT2D eigenvalue weighted by molar-refractivity contribution is 9.10. The van der Waals surface area contributed by atoms with Crippen LogP contribution in [0.3, 0.4) is 0 Å². The van der Waals surface area contributed by atoms with Gasteiger partial charge in [-0.2, -0.15) is 5.10 Å². The minimum absolute atomic E-state index is 0.117. The Balaban J connectivity index is 2.12. The van der Waals surface area contributed by atoms with Crippen molar-refractivity contribution in [3.05, 3.63) is 45.1 Å². The van der Waals surface area contributed by atoms with E-state index in [0.29, 0.717) is 4.47 Å². The summed E-state index contributed by atoms with van der Waals surface area (Å²) >= 11 is 3.42. The molecule has 1 aromatic carbocycles. The summed E-state index contributed by atoms with van der Waals surface area (Å²) in [6.45, 7) is 5.03. The Bertz CT molecular complexity index is 723. The van der Waals surface area contributed by atoms with Gasteiger partial charge < -0.3 is 11.1 Å². The second-order valence-corrected chi connectivity index (χ2v) is 6.20. The summed E-state index contributed by atoms with van der Waals surface area (Å²) in [5.41, 5.74) is 9.37. The molecule has 0 bridgehead atoms. The van der Waals surface area contributed by atoms with Crippen LogP contribution in [0.25, 0.3) is 0 Å². The molecule has 0 saturated carbocycles. The number of carbonyl (C=O) groups excluding carboxylic acids is 1. The summed E-state index contributed by atoms with van der Waals surface area (Å²) in [5.74, 6) is 0.296. The van der Waals surface area contributed by atoms with Crippen LogP contribution >= 0.6 is 15.9 Å². The number of carbonyl (C=O) groups is 1. The van der Waals surface area contributed by atoms with Gasteiger partial charge in [-0.1, -0.05) is 23.8 Å². The van der Waals surface area contributed by atoms with Crippen molar-refractivity contribution in [3.63, 3.8) is 0 Å². The molecule has 3 N–H and O–H groups in total. The number of nitrogens with two attached hydrogens (primary N) is 1. The minimum atomic E-state index is -0.523. The lowest BCUT2D eigenvalue weighted by atomic mass is 9.96. The summed E-state index contributed by atoms with van der Waals surface area (Å²) in [6, 6.07) is 6.54. The average molecular weight is 349 g/mol. The van der Waals surface area contributed by atoms with Crippen LogP contribution in [0.1, 0.15) is 39.6 Å². The molecule has 0 aliphatic carbocycles. The fraction of sp³-hybridized carbons (Fsp3) is 0.333. The lowest BCUT2D eigenvalue weighted by Gasteiger charge is -2.27. The van der Waals surface area contributed by atoms with E-state index in [0.717, 1.165) is 18.8 Å². The number of hydrogen-bond donors (Lipinski definition) is 2. The maximum absolute atomic E-state index is 11.5. The molecular formula is C15H17BrN4O. The van der Waals surface area contributed by atoms with Gasteiger partial charge in [-0.25, -0.2) is 4.68 Å². The van der Waals surface area contributed by atoms with E-state index in [-0.39, 0.29) is 11.7 Å². The zero-order valence-electron chi connectivity index (χ0n) is 12.0. The van der Waals surface area contributed by atoms with Gasteiger partial charge in [0.05, 0.1) is 10.5 Å². The highest BCUT2D eigenvalue weighted by atomic mass is 79.9. The van der Waals surface area contributed by atoms with Gasteiger partial charge in [0, 0.05) is 6.54 Å². The van der Waals surface area contributed by atoms with Crippen LogP contribution in [0.2, 0.25) is 0 Å². The standard InChI is InChI=1S/C15H17BrN4O/c1-8-3-4-10(9(2)7-8)11-5-6-18-15-12(16)13(14(17)21)19-20(11)15/h3-4,7,11,18H,5-6H2,1-2H3,(H2,17,21). The molecule has 1 amide bonds. The Labute approximate surface area is 131 Å². The molecule has 21 heavy (non-hydrogen) atoms. The number of hydrogen-bond acceptors (Lipinski definition) is 3. The largest absolute Gasteiger partial charge is 0.369 e. The first-order chi connectivity index (χ1) is 9.99. The van der Waals surface area contributed by atoms with Gasteiger partial charge in [-0.15, -0.1) is 0 Å². The van der Waals surface area contributed by atoms with Crippen LogP contribution in [0.15, 0.2) is 22.7 Å². The molecule has 1 unspecified atom stereocenters. The van der Waals surface area contributed by atoms with Crippen molar-refractivity contribution in [3.8, 4) is 0 Å². The van der Waals surface area contributed by atoms with E-state index < -0.39 is 5.91 Å². The Hall–Kier alpha value is -1.82. The normalized spacial score (nSPS) is 17.2. The Morgan fingerprint density at radius 3 is 2.90 bits per heavy atom. The van der Waals surface area contributed by atoms with Crippen LogP contribution < -0.4 is 11.1 Å². The molecule has 1 atom stereocenters. The molecule has 3 rings (SSSR count). The average Bonchev–Trinajstić information content (AvgIpc) is 2.77. The fourth-order valence-corrected chi connectivity index (χ4v) is 3.49. The quantitative estimate of drug-likeness (QED) is 0.876. The van der Waals surface area contributed by atoms with Gasteiger partial charge in [0.1, 0.15) is 5.82 Å². The van der Waals surface area contributed by atoms with Crippen molar-refractivity contribution in [1.29, 1.82) is 0 Å². The number of aryl methyl sites for hydroxylation is 2. The van der Waals surface area contributed by atoms with Gasteiger partial charge in [0.15, 0.2) is 5.69 Å². The van der Waals surface area contributed by atoms with Crippen LogP contribution in [0.4, 0.5) is 5.82 Å². The third-order valence-corrected chi connectivity index (χ3v) is 4.63. The molecule has 1 aromatic heterocycles. The zero-order chi connectivity index (χ0) is 15.1. The first kappa shape index (κ1) is 14.1. The smallest absolute Gasteiger partial charge is 0.270 e. The highest BCUT2D eigenvalue weighted by Gasteiger charge is 2.28. The maximum atomic E-state index is 11.5. The third-order valence-electron chi connectivity index (χ3n) is 3.88. The molecule has 0 spiro atoms. The van der Waals surface area contributed by atoms with E-state index in [1.165, 1.54) is 16.7 Å². The number of anilines is 1. The van der Waals surface area contributed by atoms with Crippen molar-refractivity contribution >= 4 is 27.7 Å². The molecule has 6 heteroatoms. The summed E-state index contributed by atoms with van der Waals surface area (Å²) < 4.78 is 2.51. The summed E-state index contributed by atoms with van der Waals surface area (Å²) in [7, 11) is 0. The van der Waals surface area contributed by atoms with Crippen LogP contribution in [-0.2, 0) is 0 Å². The topological polar surface area (TPSA) is 72.9 Å². The van der Waals surface area contributed by atoms with E-state index >= 15 is 0 Å². The molecule has 2 aromatic rings. The van der Waals surface area contributed by atoms with Crippen LogP contribution in [-0.4, -0.2) is 22.2 Å². The second-order valence-electron chi connectivity index (χ2n) is 5.41. The predicted octanol–water partition coefficient (Wildman–Crippen LogP) is 2.77. The number of aromatic nitrogens is 2. The van der Waals surface area contributed by atoms with Gasteiger partial charge in [0.25, 0.3) is 5.91 Å². The predicted molar refractivity (Wildman–Crippen MR) is 85.6 cm³/mol. The van der Waals surface area contributed by atoms with Crippen molar-refractivity contribution in [1.82, 2.24) is 9.78 Å². The van der Waals surface area contributed by atoms with Crippen LogP contribution in [0, 0.1) is 13.8 Å². The van der Waals surface area contributed by atoms with E-state index in [2.05, 4.69) is 58.4 Å². The van der Waals surface area contributed by atoms with Gasteiger partial charge in [0.2, 0.25) is 0 Å². The zero-order valence-corrected chi connectivity index (χ0v) is 13.6. The lowest BCUT2D eigenvalue weighted by molar-refractivity contribution is 0.0994. The minimum Gasteiger partial charge on any atom is -0.369 e. The van der Waals surface area contributed by atoms with Crippen molar-refractivity contribution in [2.75, 3.05) is 11.9 Å². The van der Waals surface area contributed by atoms with Crippen molar-refractivity contribution in [2.24, 2.45) is 5.73 Å². The fourth-order valence-electron chi connectivity index (χ4n) is 2.89. The lowest BCUT2D eigenvalue weighted by Crippen LogP contribution is -2.25. The second kappa shape index (κ2) is 5.18. The van der Waals surface area contributed by atoms with E-state index in [4.69, 9.17) is 5.73 Å². The molecule has 0 radical (unpaired) electrons. The number of primary amides is 1. The van der Waals surface area contributed by atoms with E-state index in [1.54, 1.807) is 0 Å². The van der Waals surface area contributed by atoms with E-state index in [9.17, 15) is 4.79 Å².